The van der Waals surface area contributed by atoms with Crippen LogP contribution in [0, 0.1) is 0 Å². The molecule has 9 nitrogen and oxygen atoms in total. The SMILES string of the molecule is COc1ccc(CNC(=O)[C@@H]2CCCN2c2nnc(N3CCCC3=O)s2)cc1OC. The van der Waals surface area contributed by atoms with Gasteiger partial charge in [0.2, 0.25) is 22.1 Å². The van der Waals surface area contributed by atoms with E-state index in [2.05, 4.69) is 15.5 Å². The van der Waals surface area contributed by atoms with Gasteiger partial charge in [-0.15, -0.1) is 10.2 Å². The van der Waals surface area contributed by atoms with E-state index in [1.165, 1.54) is 11.3 Å². The molecule has 0 spiro atoms. The summed E-state index contributed by atoms with van der Waals surface area (Å²) < 4.78 is 10.6. The lowest BCUT2D eigenvalue weighted by Gasteiger charge is -2.22. The number of nitrogens with zero attached hydrogens (tertiary/aromatic N) is 4. The second-order valence-corrected chi connectivity index (χ2v) is 8.21. The lowest BCUT2D eigenvalue weighted by molar-refractivity contribution is -0.122. The van der Waals surface area contributed by atoms with Gasteiger partial charge in [0.25, 0.3) is 0 Å². The summed E-state index contributed by atoms with van der Waals surface area (Å²) in [6.45, 7) is 1.83. The Bertz CT molecular complexity index is 934. The van der Waals surface area contributed by atoms with Crippen LogP contribution in [0.15, 0.2) is 18.2 Å². The number of anilines is 2. The normalized spacial score (nSPS) is 18.7. The fraction of sp³-hybridized carbons (Fsp3) is 0.500. The minimum Gasteiger partial charge on any atom is -0.493 e. The van der Waals surface area contributed by atoms with Gasteiger partial charge in [0.05, 0.1) is 14.2 Å². The monoisotopic (exact) mass is 431 g/mol. The summed E-state index contributed by atoms with van der Waals surface area (Å²) >= 11 is 1.37. The highest BCUT2D eigenvalue weighted by Crippen LogP contribution is 2.34. The van der Waals surface area contributed by atoms with Crippen molar-refractivity contribution in [1.29, 1.82) is 0 Å². The average Bonchev–Trinajstić information content (AvgIpc) is 3.51. The lowest BCUT2D eigenvalue weighted by atomic mass is 10.1. The van der Waals surface area contributed by atoms with Crippen molar-refractivity contribution in [2.24, 2.45) is 0 Å². The number of aromatic nitrogens is 2. The van der Waals surface area contributed by atoms with Crippen molar-refractivity contribution in [2.75, 3.05) is 37.1 Å². The summed E-state index contributed by atoms with van der Waals surface area (Å²) in [4.78, 5) is 28.5. The van der Waals surface area contributed by atoms with Gasteiger partial charge in [-0.1, -0.05) is 17.4 Å². The first-order valence-corrected chi connectivity index (χ1v) is 10.8. The van der Waals surface area contributed by atoms with Crippen LogP contribution >= 0.6 is 11.3 Å². The number of hydrogen-bond donors (Lipinski definition) is 1. The quantitative estimate of drug-likeness (QED) is 0.716. The average molecular weight is 432 g/mol. The van der Waals surface area contributed by atoms with Crippen LogP contribution in [-0.2, 0) is 16.1 Å². The smallest absolute Gasteiger partial charge is 0.243 e. The van der Waals surface area contributed by atoms with E-state index in [-0.39, 0.29) is 17.9 Å². The maximum atomic E-state index is 12.9. The van der Waals surface area contributed by atoms with Gasteiger partial charge in [-0.25, -0.2) is 0 Å². The van der Waals surface area contributed by atoms with E-state index < -0.39 is 0 Å². The van der Waals surface area contributed by atoms with Gasteiger partial charge in [0.15, 0.2) is 11.5 Å². The van der Waals surface area contributed by atoms with Crippen LogP contribution in [0.25, 0.3) is 0 Å². The Labute approximate surface area is 179 Å². The molecule has 1 aromatic heterocycles. The molecular weight excluding hydrogens is 406 g/mol. The highest BCUT2D eigenvalue weighted by Gasteiger charge is 2.34. The fourth-order valence-corrected chi connectivity index (χ4v) is 4.82. The van der Waals surface area contributed by atoms with Gasteiger partial charge < -0.3 is 19.7 Å². The molecule has 2 amide bonds. The molecule has 10 heteroatoms. The predicted molar refractivity (Wildman–Crippen MR) is 113 cm³/mol. The number of carbonyl (C=O) groups excluding carboxylic acids is 2. The Balaban J connectivity index is 1.40. The summed E-state index contributed by atoms with van der Waals surface area (Å²) in [6, 6.07) is 5.29. The molecule has 2 aliphatic heterocycles. The lowest BCUT2D eigenvalue weighted by Crippen LogP contribution is -2.43. The summed E-state index contributed by atoms with van der Waals surface area (Å²) in [5.74, 6) is 1.32. The van der Waals surface area contributed by atoms with E-state index in [1.807, 2.05) is 23.1 Å². The molecular formula is C20H25N5O4S. The number of benzene rings is 1. The Morgan fingerprint density at radius 3 is 2.70 bits per heavy atom. The van der Waals surface area contributed by atoms with E-state index in [0.29, 0.717) is 41.3 Å². The third-order valence-corrected chi connectivity index (χ3v) is 6.41. The van der Waals surface area contributed by atoms with Crippen LogP contribution in [0.3, 0.4) is 0 Å². The second-order valence-electron chi connectivity index (χ2n) is 7.27. The molecule has 0 bridgehead atoms. The standard InChI is InChI=1S/C20H25N5O4S/c1-28-15-8-7-13(11-16(15)29-2)12-21-18(27)14-5-3-9-24(14)19-22-23-20(30-19)25-10-4-6-17(25)26/h7-8,11,14H,3-6,9-10,12H2,1-2H3,(H,21,27)/t14-/m0/s1. The van der Waals surface area contributed by atoms with Crippen molar-refractivity contribution in [1.82, 2.24) is 15.5 Å². The van der Waals surface area contributed by atoms with Crippen LogP contribution in [0.2, 0.25) is 0 Å². The summed E-state index contributed by atoms with van der Waals surface area (Å²) in [5, 5.41) is 12.8. The van der Waals surface area contributed by atoms with Gasteiger partial charge >= 0.3 is 0 Å². The second kappa shape index (κ2) is 8.86. The maximum Gasteiger partial charge on any atom is 0.243 e. The van der Waals surface area contributed by atoms with Crippen molar-refractivity contribution >= 4 is 33.4 Å². The van der Waals surface area contributed by atoms with Crippen LogP contribution in [0.1, 0.15) is 31.2 Å². The minimum atomic E-state index is -0.291. The van der Waals surface area contributed by atoms with E-state index in [1.54, 1.807) is 19.1 Å². The van der Waals surface area contributed by atoms with Gasteiger partial charge in [-0.2, -0.15) is 0 Å². The molecule has 0 aliphatic carbocycles. The molecule has 0 unspecified atom stereocenters. The van der Waals surface area contributed by atoms with Crippen LogP contribution in [0.4, 0.5) is 10.3 Å². The van der Waals surface area contributed by atoms with Crippen LogP contribution in [-0.4, -0.2) is 55.4 Å². The maximum absolute atomic E-state index is 12.9. The predicted octanol–water partition coefficient (Wildman–Crippen LogP) is 1.97. The Hall–Kier alpha value is -2.88. The molecule has 2 aliphatic rings. The largest absolute Gasteiger partial charge is 0.493 e. The van der Waals surface area contributed by atoms with Crippen molar-refractivity contribution in [2.45, 2.75) is 38.3 Å². The molecule has 160 valence electrons. The Morgan fingerprint density at radius 2 is 1.97 bits per heavy atom. The van der Waals surface area contributed by atoms with Gasteiger partial charge in [0, 0.05) is 26.1 Å². The zero-order valence-corrected chi connectivity index (χ0v) is 17.9. The molecule has 0 saturated carbocycles. The molecule has 3 heterocycles. The van der Waals surface area contributed by atoms with Gasteiger partial charge in [-0.3, -0.25) is 14.5 Å². The van der Waals surface area contributed by atoms with Crippen molar-refractivity contribution in [3.8, 4) is 11.5 Å². The minimum absolute atomic E-state index is 0.0451. The molecule has 30 heavy (non-hydrogen) atoms. The molecule has 1 N–H and O–H groups in total. The number of hydrogen-bond acceptors (Lipinski definition) is 8. The van der Waals surface area contributed by atoms with Crippen molar-refractivity contribution in [3.63, 3.8) is 0 Å². The highest BCUT2D eigenvalue weighted by molar-refractivity contribution is 7.19. The zero-order chi connectivity index (χ0) is 21.1. The number of ether oxygens (including phenoxy) is 2. The first kappa shape index (κ1) is 20.4. The first-order chi connectivity index (χ1) is 14.6. The summed E-state index contributed by atoms with van der Waals surface area (Å²) in [7, 11) is 3.18. The van der Waals surface area contributed by atoms with Gasteiger partial charge in [-0.05, 0) is 37.0 Å². The molecule has 0 radical (unpaired) electrons. The highest BCUT2D eigenvalue weighted by atomic mass is 32.1. The van der Waals surface area contributed by atoms with Gasteiger partial charge in [0.1, 0.15) is 6.04 Å². The topological polar surface area (TPSA) is 96.9 Å². The molecule has 2 fully saturated rings. The number of nitrogens with one attached hydrogen (secondary N) is 1. The molecule has 1 atom stereocenters. The zero-order valence-electron chi connectivity index (χ0n) is 17.1. The molecule has 1 aromatic carbocycles. The molecule has 2 saturated heterocycles. The third kappa shape index (κ3) is 4.04. The van der Waals surface area contributed by atoms with Crippen LogP contribution < -0.4 is 24.6 Å². The van der Waals surface area contributed by atoms with Crippen LogP contribution in [0.5, 0.6) is 11.5 Å². The number of carbonyl (C=O) groups is 2. The van der Waals surface area contributed by atoms with Crippen molar-refractivity contribution < 1.29 is 19.1 Å². The van der Waals surface area contributed by atoms with E-state index in [9.17, 15) is 9.59 Å². The first-order valence-electron chi connectivity index (χ1n) is 10.00. The Morgan fingerprint density at radius 1 is 1.17 bits per heavy atom. The van der Waals surface area contributed by atoms with E-state index in [0.717, 1.165) is 31.4 Å². The summed E-state index contributed by atoms with van der Waals surface area (Å²) in [6.07, 6.45) is 3.07. The van der Waals surface area contributed by atoms with E-state index in [4.69, 9.17) is 9.47 Å². The van der Waals surface area contributed by atoms with E-state index >= 15 is 0 Å². The summed E-state index contributed by atoms with van der Waals surface area (Å²) in [5.41, 5.74) is 0.927. The number of methoxy groups -OCH3 is 2. The fourth-order valence-electron chi connectivity index (χ4n) is 3.85. The molecule has 2 aromatic rings. The Kier molecular flexibility index (Phi) is 6.03. The van der Waals surface area contributed by atoms with Crippen molar-refractivity contribution in [3.05, 3.63) is 23.8 Å². The number of rotatable bonds is 7. The molecule has 4 rings (SSSR count). The third-order valence-electron chi connectivity index (χ3n) is 5.42. The number of amides is 2.